The van der Waals surface area contributed by atoms with Crippen LogP contribution in [0.25, 0.3) is 0 Å². The van der Waals surface area contributed by atoms with E-state index in [1.54, 1.807) is 26.0 Å². The van der Waals surface area contributed by atoms with E-state index in [1.807, 2.05) is 0 Å². The van der Waals surface area contributed by atoms with E-state index in [1.165, 1.54) is 6.07 Å². The molecule has 2 nitrogen and oxygen atoms in total. The van der Waals surface area contributed by atoms with E-state index in [0.717, 1.165) is 0 Å². The van der Waals surface area contributed by atoms with E-state index in [-0.39, 0.29) is 5.82 Å². The Bertz CT molecular complexity index is 382. The lowest BCUT2D eigenvalue weighted by molar-refractivity contribution is 0.620. The summed E-state index contributed by atoms with van der Waals surface area (Å²) in [6, 6.07) is 6.75. The Labute approximate surface area is 90.9 Å². The van der Waals surface area contributed by atoms with Gasteiger partial charge in [0, 0.05) is 5.69 Å². The number of halogens is 2. The minimum Gasteiger partial charge on any atom is -0.368 e. The molecule has 74 valence electrons. The first kappa shape index (κ1) is 11.0. The van der Waals surface area contributed by atoms with Gasteiger partial charge in [-0.15, -0.1) is 0 Å². The molecule has 0 fully saturated rings. The molecule has 0 saturated heterocycles. The quantitative estimate of drug-likeness (QED) is 0.882. The molecule has 0 aliphatic carbocycles. The van der Waals surface area contributed by atoms with E-state index in [2.05, 4.69) is 27.3 Å². The molecule has 0 spiro atoms. The van der Waals surface area contributed by atoms with Gasteiger partial charge in [-0.05, 0) is 48.0 Å². The number of nitrogens with zero attached hydrogens (tertiary/aromatic N) is 1. The highest BCUT2D eigenvalue weighted by Gasteiger charge is 2.15. The molecule has 0 aliphatic rings. The zero-order valence-corrected chi connectivity index (χ0v) is 9.52. The number of nitriles is 1. The Morgan fingerprint density at radius 1 is 1.50 bits per heavy atom. The fourth-order valence-corrected chi connectivity index (χ4v) is 1.21. The predicted octanol–water partition coefficient (Wildman–Crippen LogP) is 3.30. The van der Waals surface area contributed by atoms with Crippen LogP contribution in [0, 0.1) is 17.1 Å². The van der Waals surface area contributed by atoms with Crippen LogP contribution in [0.15, 0.2) is 22.7 Å². The topological polar surface area (TPSA) is 35.8 Å². The Morgan fingerprint density at radius 2 is 2.14 bits per heavy atom. The number of hydrogen-bond acceptors (Lipinski definition) is 2. The van der Waals surface area contributed by atoms with E-state index in [4.69, 9.17) is 5.26 Å². The van der Waals surface area contributed by atoms with Gasteiger partial charge in [-0.3, -0.25) is 0 Å². The maximum Gasteiger partial charge on any atom is 0.139 e. The van der Waals surface area contributed by atoms with Crippen LogP contribution in [0.3, 0.4) is 0 Å². The van der Waals surface area contributed by atoms with Gasteiger partial charge in [0.05, 0.1) is 10.5 Å². The monoisotopic (exact) mass is 256 g/mol. The van der Waals surface area contributed by atoms with Crippen molar-refractivity contribution in [1.29, 1.82) is 5.26 Å². The lowest BCUT2D eigenvalue weighted by Crippen LogP contribution is -2.28. The summed E-state index contributed by atoms with van der Waals surface area (Å²) in [5.41, 5.74) is -0.0995. The van der Waals surface area contributed by atoms with Crippen molar-refractivity contribution < 1.29 is 4.39 Å². The first-order chi connectivity index (χ1) is 6.44. The standard InChI is InChI=1S/C10H10BrFN2/c1-10(2,6-13)14-7-3-4-8(11)9(12)5-7/h3-5,14H,1-2H3. The van der Waals surface area contributed by atoms with Gasteiger partial charge in [0.2, 0.25) is 0 Å². The highest BCUT2D eigenvalue weighted by Crippen LogP contribution is 2.21. The lowest BCUT2D eigenvalue weighted by Gasteiger charge is -2.19. The summed E-state index contributed by atoms with van der Waals surface area (Å²) in [5.74, 6) is -0.344. The number of nitrogens with one attached hydrogen (secondary N) is 1. The Kier molecular flexibility index (Phi) is 3.12. The molecule has 0 bridgehead atoms. The number of anilines is 1. The summed E-state index contributed by atoms with van der Waals surface area (Å²) in [6.07, 6.45) is 0. The molecule has 0 amide bonds. The lowest BCUT2D eigenvalue weighted by atomic mass is 10.1. The molecule has 1 aromatic carbocycles. The number of benzene rings is 1. The largest absolute Gasteiger partial charge is 0.368 e. The van der Waals surface area contributed by atoms with Crippen LogP contribution in [-0.2, 0) is 0 Å². The molecule has 1 rings (SSSR count). The summed E-state index contributed by atoms with van der Waals surface area (Å²) >= 11 is 3.06. The normalized spacial score (nSPS) is 10.8. The van der Waals surface area contributed by atoms with Crippen LogP contribution in [-0.4, -0.2) is 5.54 Å². The van der Waals surface area contributed by atoms with Crippen LogP contribution >= 0.6 is 15.9 Å². The van der Waals surface area contributed by atoms with Crippen molar-refractivity contribution in [1.82, 2.24) is 0 Å². The number of hydrogen-bond donors (Lipinski definition) is 1. The van der Waals surface area contributed by atoms with Gasteiger partial charge < -0.3 is 5.32 Å². The van der Waals surface area contributed by atoms with Gasteiger partial charge in [-0.1, -0.05) is 0 Å². The molecule has 0 unspecified atom stereocenters. The second-order valence-corrected chi connectivity index (χ2v) is 4.35. The Balaban J connectivity index is 2.90. The van der Waals surface area contributed by atoms with Crippen LogP contribution in [0.2, 0.25) is 0 Å². The van der Waals surface area contributed by atoms with Gasteiger partial charge >= 0.3 is 0 Å². The van der Waals surface area contributed by atoms with E-state index < -0.39 is 5.54 Å². The highest BCUT2D eigenvalue weighted by molar-refractivity contribution is 9.10. The minimum atomic E-state index is -0.694. The van der Waals surface area contributed by atoms with Crippen LogP contribution in [0.4, 0.5) is 10.1 Å². The van der Waals surface area contributed by atoms with Crippen LogP contribution in [0.1, 0.15) is 13.8 Å². The molecule has 1 N–H and O–H groups in total. The first-order valence-corrected chi connectivity index (χ1v) is 4.88. The van der Waals surface area contributed by atoms with E-state index >= 15 is 0 Å². The molecule has 0 saturated carbocycles. The minimum absolute atomic E-state index is 0.344. The molecule has 1 aromatic rings. The zero-order valence-electron chi connectivity index (χ0n) is 7.94. The van der Waals surface area contributed by atoms with Crippen LogP contribution in [0.5, 0.6) is 0 Å². The molecule has 0 atom stereocenters. The van der Waals surface area contributed by atoms with Gasteiger partial charge in [-0.25, -0.2) is 4.39 Å². The van der Waals surface area contributed by atoms with Crippen molar-refractivity contribution in [2.45, 2.75) is 19.4 Å². The summed E-state index contributed by atoms with van der Waals surface area (Å²) in [7, 11) is 0. The summed E-state index contributed by atoms with van der Waals surface area (Å²) < 4.78 is 13.5. The third kappa shape index (κ3) is 2.71. The summed E-state index contributed by atoms with van der Waals surface area (Å²) in [6.45, 7) is 3.46. The van der Waals surface area contributed by atoms with E-state index in [0.29, 0.717) is 10.2 Å². The van der Waals surface area contributed by atoms with E-state index in [9.17, 15) is 4.39 Å². The third-order valence-corrected chi connectivity index (χ3v) is 2.30. The van der Waals surface area contributed by atoms with Crippen molar-refractivity contribution in [2.75, 3.05) is 5.32 Å². The average Bonchev–Trinajstić information content (AvgIpc) is 2.11. The maximum absolute atomic E-state index is 13.1. The maximum atomic E-state index is 13.1. The predicted molar refractivity (Wildman–Crippen MR) is 57.4 cm³/mol. The van der Waals surface area contributed by atoms with Gasteiger partial charge in [-0.2, -0.15) is 5.26 Å². The Morgan fingerprint density at radius 3 is 2.64 bits per heavy atom. The van der Waals surface area contributed by atoms with Crippen LogP contribution < -0.4 is 5.32 Å². The molecule has 4 heteroatoms. The van der Waals surface area contributed by atoms with Crippen molar-refractivity contribution >= 4 is 21.6 Å². The van der Waals surface area contributed by atoms with Crippen molar-refractivity contribution in [3.8, 4) is 6.07 Å². The molecule has 0 aromatic heterocycles. The van der Waals surface area contributed by atoms with Gasteiger partial charge in [0.25, 0.3) is 0 Å². The highest BCUT2D eigenvalue weighted by atomic mass is 79.9. The molecule has 14 heavy (non-hydrogen) atoms. The van der Waals surface area contributed by atoms with Crippen molar-refractivity contribution in [3.05, 3.63) is 28.5 Å². The zero-order chi connectivity index (χ0) is 10.8. The molecular weight excluding hydrogens is 247 g/mol. The molecule has 0 radical (unpaired) electrons. The second-order valence-electron chi connectivity index (χ2n) is 3.49. The van der Waals surface area contributed by atoms with Crippen molar-refractivity contribution in [3.63, 3.8) is 0 Å². The average molecular weight is 257 g/mol. The fraction of sp³-hybridized carbons (Fsp3) is 0.300. The fourth-order valence-electron chi connectivity index (χ4n) is 0.963. The van der Waals surface area contributed by atoms with Crippen molar-refractivity contribution in [2.24, 2.45) is 0 Å². The van der Waals surface area contributed by atoms with Gasteiger partial charge in [0.15, 0.2) is 0 Å². The summed E-state index contributed by atoms with van der Waals surface area (Å²) in [5, 5.41) is 11.7. The van der Waals surface area contributed by atoms with Gasteiger partial charge in [0.1, 0.15) is 11.4 Å². The molecule has 0 aliphatic heterocycles. The Hall–Kier alpha value is -1.08. The summed E-state index contributed by atoms with van der Waals surface area (Å²) in [4.78, 5) is 0. The molecular formula is C10H10BrFN2. The first-order valence-electron chi connectivity index (χ1n) is 4.09. The SMILES string of the molecule is CC(C)(C#N)Nc1ccc(Br)c(F)c1. The molecule has 0 heterocycles. The second kappa shape index (κ2) is 3.97. The smallest absolute Gasteiger partial charge is 0.139 e. The third-order valence-electron chi connectivity index (χ3n) is 1.66. The number of rotatable bonds is 2.